The van der Waals surface area contributed by atoms with E-state index in [0.717, 1.165) is 37.7 Å². The number of hydrogen-bond acceptors (Lipinski definition) is 4. The lowest BCUT2D eigenvalue weighted by atomic mass is 9.88. The molecule has 2 heterocycles. The highest BCUT2D eigenvalue weighted by molar-refractivity contribution is 5.82. The molecule has 0 radical (unpaired) electrons. The Hall–Kier alpha value is -1.59. The maximum Gasteiger partial charge on any atom is 0.0787 e. The molecule has 1 aromatic heterocycles. The quantitative estimate of drug-likeness (QED) is 0.899. The van der Waals surface area contributed by atoms with E-state index < -0.39 is 0 Å². The van der Waals surface area contributed by atoms with Crippen molar-refractivity contribution in [2.24, 2.45) is 5.92 Å². The molecule has 1 saturated carbocycles. The summed E-state index contributed by atoms with van der Waals surface area (Å²) in [6.07, 6.45) is 4.53. The molecule has 2 aliphatic rings. The predicted octanol–water partition coefficient (Wildman–Crippen LogP) is 1.77. The van der Waals surface area contributed by atoms with Crippen LogP contribution in [0.4, 0.5) is 5.69 Å². The number of methoxy groups -OCH3 is 1. The van der Waals surface area contributed by atoms with E-state index in [2.05, 4.69) is 38.6 Å². The Kier molecular flexibility index (Phi) is 3.12. The van der Waals surface area contributed by atoms with E-state index >= 15 is 0 Å². The van der Waals surface area contributed by atoms with Crippen LogP contribution in [-0.2, 0) is 4.74 Å². The van der Waals surface area contributed by atoms with Crippen LogP contribution in [0.1, 0.15) is 12.8 Å². The number of hydrogen-bond donors (Lipinski definition) is 2. The maximum atomic E-state index is 5.61. The highest BCUT2D eigenvalue weighted by atomic mass is 16.5. The Morgan fingerprint density at radius 2 is 2.33 bits per heavy atom. The molecule has 0 spiro atoms. The number of fused-ring (bicyclic) bond motifs is 1. The van der Waals surface area contributed by atoms with Crippen molar-refractivity contribution >= 4 is 16.6 Å². The lowest BCUT2D eigenvalue weighted by molar-refractivity contribution is 0.104. The van der Waals surface area contributed by atoms with Crippen molar-refractivity contribution in [2.75, 3.05) is 38.3 Å². The molecular weight excluding hydrogens is 264 g/mol. The average molecular weight is 286 g/mol. The van der Waals surface area contributed by atoms with Crippen LogP contribution in [0.25, 0.3) is 10.9 Å². The van der Waals surface area contributed by atoms with Crippen molar-refractivity contribution in [3.05, 3.63) is 24.4 Å². The van der Waals surface area contributed by atoms with E-state index in [4.69, 9.17) is 4.74 Å². The third kappa shape index (κ3) is 2.12. The largest absolute Gasteiger partial charge is 0.382 e. The monoisotopic (exact) mass is 286 g/mol. The third-order valence-electron chi connectivity index (χ3n) is 4.95. The maximum absolute atomic E-state index is 5.61. The van der Waals surface area contributed by atoms with Crippen LogP contribution in [0, 0.1) is 5.92 Å². The molecule has 1 aliphatic carbocycles. The Morgan fingerprint density at radius 3 is 3.14 bits per heavy atom. The van der Waals surface area contributed by atoms with E-state index in [1.54, 1.807) is 0 Å². The number of piperazine rings is 1. The number of anilines is 1. The molecule has 1 saturated heterocycles. The zero-order chi connectivity index (χ0) is 14.3. The number of nitrogens with one attached hydrogen (secondary N) is 2. The first kappa shape index (κ1) is 13.1. The summed E-state index contributed by atoms with van der Waals surface area (Å²) in [6, 6.07) is 6.58. The van der Waals surface area contributed by atoms with Crippen LogP contribution in [0.2, 0.25) is 0 Å². The second-order valence-corrected chi connectivity index (χ2v) is 6.28. The summed E-state index contributed by atoms with van der Waals surface area (Å²) in [6.45, 7) is 3.86. The van der Waals surface area contributed by atoms with Crippen LogP contribution < -0.4 is 10.2 Å². The molecule has 21 heavy (non-hydrogen) atoms. The first-order valence-electron chi connectivity index (χ1n) is 7.74. The van der Waals surface area contributed by atoms with Crippen molar-refractivity contribution in [3.8, 4) is 0 Å². The lowest BCUT2D eigenvalue weighted by Gasteiger charge is -2.49. The molecule has 0 bridgehead atoms. The van der Waals surface area contributed by atoms with E-state index in [1.165, 1.54) is 23.9 Å². The number of ether oxygens (including phenoxy) is 1. The van der Waals surface area contributed by atoms with Crippen LogP contribution in [0.5, 0.6) is 0 Å². The van der Waals surface area contributed by atoms with Crippen LogP contribution >= 0.6 is 0 Å². The van der Waals surface area contributed by atoms with E-state index in [0.29, 0.717) is 0 Å². The minimum atomic E-state index is 0.102. The summed E-state index contributed by atoms with van der Waals surface area (Å²) < 4.78 is 5.61. The van der Waals surface area contributed by atoms with E-state index in [9.17, 15) is 0 Å². The van der Waals surface area contributed by atoms with Gasteiger partial charge in [-0.25, -0.2) is 0 Å². The molecule has 2 fully saturated rings. The van der Waals surface area contributed by atoms with Gasteiger partial charge >= 0.3 is 0 Å². The van der Waals surface area contributed by atoms with Crippen molar-refractivity contribution in [2.45, 2.75) is 18.4 Å². The predicted molar refractivity (Wildman–Crippen MR) is 83.6 cm³/mol. The Bertz CT molecular complexity index is 632. The standard InChI is InChI=1S/C16H22N4O/c1-21-11-16(13-2-3-13)10-17-6-7-20(16)14-4-5-15-12(8-14)9-18-19-15/h4-5,8-9,13,17H,2-3,6-7,10-11H2,1H3,(H,18,19). The molecule has 2 N–H and O–H groups in total. The highest BCUT2D eigenvalue weighted by Gasteiger charge is 2.50. The number of rotatable bonds is 4. The normalized spacial score (nSPS) is 26.4. The van der Waals surface area contributed by atoms with E-state index in [1.807, 2.05) is 13.3 Å². The number of aromatic amines is 1. The zero-order valence-electron chi connectivity index (χ0n) is 12.4. The number of H-pyrrole nitrogens is 1. The summed E-state index contributed by atoms with van der Waals surface area (Å²) in [4.78, 5) is 2.57. The van der Waals surface area contributed by atoms with Gasteiger partial charge in [0.1, 0.15) is 0 Å². The fraction of sp³-hybridized carbons (Fsp3) is 0.562. The van der Waals surface area contributed by atoms with E-state index in [-0.39, 0.29) is 5.54 Å². The van der Waals surface area contributed by atoms with Crippen molar-refractivity contribution in [3.63, 3.8) is 0 Å². The van der Waals surface area contributed by atoms with Crippen LogP contribution in [0.3, 0.4) is 0 Å². The van der Waals surface area contributed by atoms with Crippen LogP contribution in [0.15, 0.2) is 24.4 Å². The minimum Gasteiger partial charge on any atom is -0.382 e. The van der Waals surface area contributed by atoms with Crippen molar-refractivity contribution in [1.29, 1.82) is 0 Å². The van der Waals surface area contributed by atoms with Gasteiger partial charge in [0.25, 0.3) is 0 Å². The van der Waals surface area contributed by atoms with Gasteiger partial charge in [-0.15, -0.1) is 0 Å². The summed E-state index contributed by atoms with van der Waals surface area (Å²) in [5.74, 6) is 0.741. The molecule has 5 nitrogen and oxygen atoms in total. The highest BCUT2D eigenvalue weighted by Crippen LogP contribution is 2.45. The minimum absolute atomic E-state index is 0.102. The van der Waals surface area contributed by atoms with Gasteiger partial charge in [-0.3, -0.25) is 5.10 Å². The molecule has 1 atom stereocenters. The molecule has 0 amide bonds. The second-order valence-electron chi connectivity index (χ2n) is 6.28. The molecule has 112 valence electrons. The fourth-order valence-electron chi connectivity index (χ4n) is 3.78. The smallest absolute Gasteiger partial charge is 0.0787 e. The fourth-order valence-corrected chi connectivity index (χ4v) is 3.78. The van der Waals surface area contributed by atoms with Crippen molar-refractivity contribution < 1.29 is 4.74 Å². The van der Waals surface area contributed by atoms with Gasteiger partial charge in [0.05, 0.1) is 23.9 Å². The van der Waals surface area contributed by atoms with Crippen LogP contribution in [-0.4, -0.2) is 49.1 Å². The van der Waals surface area contributed by atoms with Gasteiger partial charge in [0, 0.05) is 37.8 Å². The summed E-state index contributed by atoms with van der Waals surface area (Å²) in [5, 5.41) is 11.9. The Morgan fingerprint density at radius 1 is 1.43 bits per heavy atom. The molecular formula is C16H22N4O. The molecule has 4 rings (SSSR count). The van der Waals surface area contributed by atoms with Gasteiger partial charge in [-0.1, -0.05) is 0 Å². The first-order chi connectivity index (χ1) is 10.3. The number of nitrogens with zero attached hydrogens (tertiary/aromatic N) is 2. The lowest BCUT2D eigenvalue weighted by Crippen LogP contribution is -2.65. The topological polar surface area (TPSA) is 53.2 Å². The van der Waals surface area contributed by atoms with Gasteiger partial charge in [-0.05, 0) is 37.0 Å². The second kappa shape index (κ2) is 5.00. The molecule has 2 aromatic rings. The van der Waals surface area contributed by atoms with Gasteiger partial charge in [0.15, 0.2) is 0 Å². The summed E-state index contributed by atoms with van der Waals surface area (Å²) in [5.41, 5.74) is 2.48. The molecule has 1 aromatic carbocycles. The van der Waals surface area contributed by atoms with Gasteiger partial charge in [-0.2, -0.15) is 5.10 Å². The summed E-state index contributed by atoms with van der Waals surface area (Å²) in [7, 11) is 1.82. The van der Waals surface area contributed by atoms with Gasteiger partial charge in [0.2, 0.25) is 0 Å². The van der Waals surface area contributed by atoms with Crippen molar-refractivity contribution in [1.82, 2.24) is 15.5 Å². The third-order valence-corrected chi connectivity index (χ3v) is 4.95. The summed E-state index contributed by atoms with van der Waals surface area (Å²) >= 11 is 0. The molecule has 1 unspecified atom stereocenters. The number of benzene rings is 1. The Labute approximate surface area is 124 Å². The SMILES string of the molecule is COCC1(C2CC2)CNCCN1c1ccc2[nH]ncc2c1. The van der Waals surface area contributed by atoms with Gasteiger partial charge < -0.3 is 15.0 Å². The Balaban J connectivity index is 1.75. The molecule has 1 aliphatic heterocycles. The average Bonchev–Trinajstić information content (AvgIpc) is 3.26. The first-order valence-corrected chi connectivity index (χ1v) is 7.74. The zero-order valence-corrected chi connectivity index (χ0v) is 12.4. The number of aromatic nitrogens is 2. The molecule has 5 heteroatoms.